The molecule has 0 unspecified atom stereocenters. The lowest BCUT2D eigenvalue weighted by Crippen LogP contribution is -1.95. The van der Waals surface area contributed by atoms with Gasteiger partial charge in [0.2, 0.25) is 0 Å². The molecule has 4 N–H and O–H groups in total. The number of carboxylic acid groups (broad SMARTS) is 1. The van der Waals surface area contributed by atoms with Crippen LogP contribution in [-0.4, -0.2) is 47.6 Å². The highest BCUT2D eigenvalue weighted by Gasteiger charge is 1.81. The molecule has 0 saturated heterocycles. The van der Waals surface area contributed by atoms with Crippen molar-refractivity contribution in [2.24, 2.45) is 0 Å². The zero-order chi connectivity index (χ0) is 14.0. The van der Waals surface area contributed by atoms with Crippen molar-refractivity contribution in [1.29, 1.82) is 0 Å². The molecule has 0 aromatic heterocycles. The van der Waals surface area contributed by atoms with E-state index in [1.807, 2.05) is 6.92 Å². The van der Waals surface area contributed by atoms with E-state index in [2.05, 4.69) is 4.74 Å². The zero-order valence-electron chi connectivity index (χ0n) is 11.0. The van der Waals surface area contributed by atoms with Gasteiger partial charge in [-0.25, -0.2) is 0 Å². The van der Waals surface area contributed by atoms with Crippen LogP contribution in [0.25, 0.3) is 0 Å². The van der Waals surface area contributed by atoms with E-state index in [9.17, 15) is 9.59 Å². The number of rotatable bonds is 2. The third kappa shape index (κ3) is 183. The predicted molar refractivity (Wildman–Crippen MR) is 63.7 cm³/mol. The van der Waals surface area contributed by atoms with Gasteiger partial charge in [0.25, 0.3) is 6.47 Å². The van der Waals surface area contributed by atoms with Crippen molar-refractivity contribution in [1.82, 2.24) is 0 Å². The molecular weight excluding hydrogens is 232 g/mol. The second kappa shape index (κ2) is 36.6. The maximum absolute atomic E-state index is 9.82. The molecule has 0 aliphatic rings. The molecule has 0 aliphatic heterocycles. The second-order valence-electron chi connectivity index (χ2n) is 2.09. The monoisotopic (exact) mass is 256 g/mol. The third-order valence-corrected chi connectivity index (χ3v) is 0.845. The molecule has 106 valence electrons. The Morgan fingerprint density at radius 1 is 1.18 bits per heavy atom. The van der Waals surface area contributed by atoms with Crippen molar-refractivity contribution in [3.05, 3.63) is 0 Å². The van der Waals surface area contributed by atoms with Crippen LogP contribution in [0.15, 0.2) is 0 Å². The molecule has 0 spiro atoms. The van der Waals surface area contributed by atoms with Crippen LogP contribution in [0.2, 0.25) is 0 Å². The standard InChI is InChI=1S/C4H8O2.C4H8O.CH2O2.CH4O.H2O/c1-3-6-4(2)5;1-3-4(2)5;2-1-3;1-2;/h3H2,1-2H3;3H2,1-2H3;1H,(H,2,3);2H,1H3;1H2. The number of esters is 1. The molecule has 0 aromatic rings. The van der Waals surface area contributed by atoms with Gasteiger partial charge in [0.1, 0.15) is 5.78 Å². The summed E-state index contributed by atoms with van der Waals surface area (Å²) in [5.74, 6) is 0.0440. The van der Waals surface area contributed by atoms with E-state index in [1.165, 1.54) is 6.92 Å². The lowest BCUT2D eigenvalue weighted by atomic mass is 10.4. The summed E-state index contributed by atoms with van der Waals surface area (Å²) in [6.07, 6.45) is 0.667. The van der Waals surface area contributed by atoms with Crippen LogP contribution in [-0.2, 0) is 19.1 Å². The first-order valence-electron chi connectivity index (χ1n) is 4.61. The molecule has 0 rings (SSSR count). The number of aliphatic hydroxyl groups is 1. The summed E-state index contributed by atoms with van der Waals surface area (Å²) < 4.78 is 4.40. The maximum atomic E-state index is 9.82. The Hall–Kier alpha value is -1.47. The van der Waals surface area contributed by atoms with Crippen molar-refractivity contribution in [3.63, 3.8) is 0 Å². The molecule has 0 amide bonds. The van der Waals surface area contributed by atoms with E-state index >= 15 is 0 Å². The maximum Gasteiger partial charge on any atom is 0.302 e. The minimum Gasteiger partial charge on any atom is -0.483 e. The van der Waals surface area contributed by atoms with Gasteiger partial charge in [0.15, 0.2) is 0 Å². The number of ether oxygens (including phenoxy) is 1. The van der Waals surface area contributed by atoms with Gasteiger partial charge in [0, 0.05) is 20.5 Å². The molecule has 0 heterocycles. The Bertz CT molecular complexity index is 157. The van der Waals surface area contributed by atoms with Gasteiger partial charge in [0.05, 0.1) is 6.61 Å². The molecule has 0 fully saturated rings. The number of carbonyl (C=O) groups is 3. The van der Waals surface area contributed by atoms with Crippen LogP contribution in [0.4, 0.5) is 0 Å². The van der Waals surface area contributed by atoms with Crippen LogP contribution in [0, 0.1) is 0 Å². The molecular formula is C10H24O7. The van der Waals surface area contributed by atoms with Gasteiger partial charge in [-0.1, -0.05) is 6.92 Å². The average molecular weight is 256 g/mol. The lowest BCUT2D eigenvalue weighted by Gasteiger charge is -1.89. The van der Waals surface area contributed by atoms with Gasteiger partial charge >= 0.3 is 5.97 Å². The van der Waals surface area contributed by atoms with Crippen LogP contribution in [0.1, 0.15) is 34.1 Å². The van der Waals surface area contributed by atoms with Crippen molar-refractivity contribution in [2.45, 2.75) is 34.1 Å². The number of Topliss-reactive ketones (excluding diaryl/α,β-unsaturated/α-hetero) is 1. The molecule has 7 nitrogen and oxygen atoms in total. The highest BCUT2D eigenvalue weighted by atomic mass is 16.5. The average Bonchev–Trinajstić information content (AvgIpc) is 2.22. The first-order valence-corrected chi connectivity index (χ1v) is 4.61. The predicted octanol–water partition coefficient (Wildman–Crippen LogP) is 0.0394. The van der Waals surface area contributed by atoms with E-state index in [-0.39, 0.29) is 23.7 Å². The summed E-state index contributed by atoms with van der Waals surface area (Å²) in [5.41, 5.74) is 0. The van der Waals surface area contributed by atoms with Crippen LogP contribution in [0.5, 0.6) is 0 Å². The Morgan fingerprint density at radius 3 is 1.41 bits per heavy atom. The Balaban J connectivity index is -0.0000000399. The molecule has 0 atom stereocenters. The van der Waals surface area contributed by atoms with E-state index in [1.54, 1.807) is 13.8 Å². The number of hydrogen-bond acceptors (Lipinski definition) is 5. The summed E-state index contributed by atoms with van der Waals surface area (Å²) >= 11 is 0. The fourth-order valence-corrected chi connectivity index (χ4v) is 0.203. The topological polar surface area (TPSA) is 132 Å². The van der Waals surface area contributed by atoms with E-state index in [4.69, 9.17) is 15.0 Å². The largest absolute Gasteiger partial charge is 0.483 e. The normalized spacial score (nSPS) is 6.00. The van der Waals surface area contributed by atoms with Crippen molar-refractivity contribution in [3.8, 4) is 0 Å². The summed E-state index contributed by atoms with van der Waals surface area (Å²) in [7, 11) is 1.00. The molecule has 0 radical (unpaired) electrons. The van der Waals surface area contributed by atoms with E-state index in [0.717, 1.165) is 7.11 Å². The first-order chi connectivity index (χ1) is 7.45. The summed E-state index contributed by atoms with van der Waals surface area (Å²) in [6.45, 7) is 6.84. The summed E-state index contributed by atoms with van der Waals surface area (Å²) in [6, 6.07) is 0. The molecule has 17 heavy (non-hydrogen) atoms. The minimum absolute atomic E-state index is 0. The fourth-order valence-electron chi connectivity index (χ4n) is 0.203. The van der Waals surface area contributed by atoms with Crippen molar-refractivity contribution >= 4 is 18.2 Å². The number of ketones is 1. The van der Waals surface area contributed by atoms with Gasteiger partial charge in [-0.2, -0.15) is 0 Å². The Labute approximate surface area is 102 Å². The molecule has 0 bridgehead atoms. The van der Waals surface area contributed by atoms with Crippen LogP contribution < -0.4 is 0 Å². The summed E-state index contributed by atoms with van der Waals surface area (Å²) in [5, 5.41) is 13.9. The summed E-state index contributed by atoms with van der Waals surface area (Å²) in [4.78, 5) is 28.0. The van der Waals surface area contributed by atoms with Crippen LogP contribution in [0.3, 0.4) is 0 Å². The SMILES string of the molecule is CCC(C)=O.CCOC(C)=O.CO.O.O=CO. The molecule has 0 aromatic carbocycles. The zero-order valence-corrected chi connectivity index (χ0v) is 11.0. The minimum atomic E-state index is -0.250. The Kier molecular flexibility index (Phi) is 63.6. The lowest BCUT2D eigenvalue weighted by molar-refractivity contribution is -0.140. The van der Waals surface area contributed by atoms with Crippen molar-refractivity contribution in [2.75, 3.05) is 13.7 Å². The number of hydrogen-bond donors (Lipinski definition) is 2. The fraction of sp³-hybridized carbons (Fsp3) is 0.700. The Morgan fingerprint density at radius 2 is 1.41 bits per heavy atom. The van der Waals surface area contributed by atoms with Crippen molar-refractivity contribution < 1.29 is 34.8 Å². The van der Waals surface area contributed by atoms with Gasteiger partial charge in [-0.3, -0.25) is 9.59 Å². The van der Waals surface area contributed by atoms with Gasteiger partial charge in [-0.15, -0.1) is 0 Å². The highest BCUT2D eigenvalue weighted by molar-refractivity contribution is 5.74. The van der Waals surface area contributed by atoms with Gasteiger partial charge < -0.3 is 25.2 Å². The quantitative estimate of drug-likeness (QED) is 0.529. The molecule has 7 heteroatoms. The second-order valence-corrected chi connectivity index (χ2v) is 2.09. The molecule has 0 aliphatic carbocycles. The smallest absolute Gasteiger partial charge is 0.302 e. The number of aliphatic hydroxyl groups excluding tert-OH is 1. The van der Waals surface area contributed by atoms with E-state index in [0.29, 0.717) is 13.0 Å². The van der Waals surface area contributed by atoms with Gasteiger partial charge in [-0.05, 0) is 13.8 Å². The molecule has 0 saturated carbocycles. The van der Waals surface area contributed by atoms with E-state index < -0.39 is 0 Å². The van der Waals surface area contributed by atoms with Crippen LogP contribution >= 0.6 is 0 Å². The number of carbonyl (C=O) groups excluding carboxylic acids is 2. The third-order valence-electron chi connectivity index (χ3n) is 0.845. The highest BCUT2D eigenvalue weighted by Crippen LogP contribution is 1.71. The first kappa shape index (κ1) is 29.6.